The summed E-state index contributed by atoms with van der Waals surface area (Å²) in [5, 5.41) is 4.36. The molecule has 18 heavy (non-hydrogen) atoms. The number of carbonyl (C=O) groups excluding carboxylic acids is 1. The van der Waals surface area contributed by atoms with Gasteiger partial charge in [0, 0.05) is 6.04 Å². The third-order valence-corrected chi connectivity index (χ3v) is 3.75. The Kier molecular flexibility index (Phi) is 5.57. The normalized spacial score (nSPS) is 13.9. The fourth-order valence-corrected chi connectivity index (χ4v) is 1.99. The van der Waals surface area contributed by atoms with Gasteiger partial charge in [0.1, 0.15) is 0 Å². The molecule has 0 saturated carbocycles. The van der Waals surface area contributed by atoms with E-state index in [-0.39, 0.29) is 17.9 Å². The maximum Gasteiger partial charge on any atom is 0.310 e. The van der Waals surface area contributed by atoms with Crippen molar-refractivity contribution >= 4 is 46.5 Å². The summed E-state index contributed by atoms with van der Waals surface area (Å²) in [7, 11) is 1.36. The number of esters is 1. The Balaban J connectivity index is 2.85. The molecule has 0 bridgehead atoms. The fourth-order valence-electron chi connectivity index (χ4n) is 1.39. The SMILES string of the molecule is COC(=O)C(C)C(C)Nc1cc(Cl)c(Cl)cc1Cl. The Morgan fingerprint density at radius 3 is 2.28 bits per heavy atom. The van der Waals surface area contributed by atoms with Crippen LogP contribution in [0.3, 0.4) is 0 Å². The maximum absolute atomic E-state index is 11.4. The van der Waals surface area contributed by atoms with Crippen LogP contribution in [0.5, 0.6) is 0 Å². The molecule has 0 spiro atoms. The molecule has 1 rings (SSSR count). The van der Waals surface area contributed by atoms with E-state index in [9.17, 15) is 4.79 Å². The number of rotatable bonds is 4. The molecular formula is C12H14Cl3NO2. The summed E-state index contributed by atoms with van der Waals surface area (Å²) in [6, 6.07) is 3.04. The summed E-state index contributed by atoms with van der Waals surface area (Å²) in [6.07, 6.45) is 0. The van der Waals surface area contributed by atoms with E-state index in [1.54, 1.807) is 19.1 Å². The monoisotopic (exact) mass is 309 g/mol. The largest absolute Gasteiger partial charge is 0.469 e. The van der Waals surface area contributed by atoms with Gasteiger partial charge in [-0.25, -0.2) is 0 Å². The molecule has 3 nitrogen and oxygen atoms in total. The number of methoxy groups -OCH3 is 1. The molecular weight excluding hydrogens is 296 g/mol. The first-order valence-electron chi connectivity index (χ1n) is 5.35. The van der Waals surface area contributed by atoms with Gasteiger partial charge in [0.05, 0.1) is 33.8 Å². The minimum atomic E-state index is -0.305. The van der Waals surface area contributed by atoms with Crippen LogP contribution in [0.4, 0.5) is 5.69 Å². The van der Waals surface area contributed by atoms with E-state index in [4.69, 9.17) is 34.8 Å². The van der Waals surface area contributed by atoms with E-state index in [1.165, 1.54) is 7.11 Å². The van der Waals surface area contributed by atoms with Gasteiger partial charge >= 0.3 is 5.97 Å². The first kappa shape index (κ1) is 15.4. The van der Waals surface area contributed by atoms with Gasteiger partial charge in [-0.1, -0.05) is 34.8 Å². The van der Waals surface area contributed by atoms with Crippen molar-refractivity contribution in [3.63, 3.8) is 0 Å². The van der Waals surface area contributed by atoms with Gasteiger partial charge in [-0.3, -0.25) is 4.79 Å². The number of hydrogen-bond donors (Lipinski definition) is 1. The van der Waals surface area contributed by atoms with E-state index in [2.05, 4.69) is 10.1 Å². The Morgan fingerprint density at radius 2 is 1.72 bits per heavy atom. The van der Waals surface area contributed by atoms with E-state index in [0.717, 1.165) is 0 Å². The van der Waals surface area contributed by atoms with Crippen LogP contribution in [-0.2, 0) is 9.53 Å². The van der Waals surface area contributed by atoms with Gasteiger partial charge in [-0.05, 0) is 26.0 Å². The van der Waals surface area contributed by atoms with Crippen molar-refractivity contribution in [1.82, 2.24) is 0 Å². The number of carbonyl (C=O) groups is 1. The Bertz CT molecular complexity index is 451. The van der Waals surface area contributed by atoms with Crippen LogP contribution < -0.4 is 5.32 Å². The molecule has 0 heterocycles. The Labute approximate surface area is 121 Å². The fraction of sp³-hybridized carbons (Fsp3) is 0.417. The molecule has 0 aliphatic rings. The molecule has 0 aliphatic heterocycles. The highest BCUT2D eigenvalue weighted by molar-refractivity contribution is 6.44. The summed E-state index contributed by atoms with van der Waals surface area (Å²) < 4.78 is 4.68. The minimum Gasteiger partial charge on any atom is -0.469 e. The highest BCUT2D eigenvalue weighted by atomic mass is 35.5. The molecule has 0 saturated heterocycles. The zero-order valence-corrected chi connectivity index (χ0v) is 12.5. The number of hydrogen-bond acceptors (Lipinski definition) is 3. The van der Waals surface area contributed by atoms with Crippen LogP contribution >= 0.6 is 34.8 Å². The van der Waals surface area contributed by atoms with E-state index < -0.39 is 0 Å². The van der Waals surface area contributed by atoms with Crippen molar-refractivity contribution < 1.29 is 9.53 Å². The van der Waals surface area contributed by atoms with Gasteiger partial charge < -0.3 is 10.1 Å². The summed E-state index contributed by atoms with van der Waals surface area (Å²) in [5.74, 6) is -0.591. The second-order valence-electron chi connectivity index (χ2n) is 3.99. The maximum atomic E-state index is 11.4. The first-order valence-corrected chi connectivity index (χ1v) is 6.49. The van der Waals surface area contributed by atoms with Crippen molar-refractivity contribution in [2.24, 2.45) is 5.92 Å². The smallest absolute Gasteiger partial charge is 0.310 e. The van der Waals surface area contributed by atoms with Crippen LogP contribution in [0.1, 0.15) is 13.8 Å². The van der Waals surface area contributed by atoms with Crippen LogP contribution in [0.2, 0.25) is 15.1 Å². The second kappa shape index (κ2) is 6.50. The number of nitrogens with one attached hydrogen (secondary N) is 1. The third-order valence-electron chi connectivity index (χ3n) is 2.72. The lowest BCUT2D eigenvalue weighted by atomic mass is 10.0. The van der Waals surface area contributed by atoms with Crippen LogP contribution in [0.25, 0.3) is 0 Å². The highest BCUT2D eigenvalue weighted by Crippen LogP contribution is 2.33. The van der Waals surface area contributed by atoms with Crippen molar-refractivity contribution in [2.75, 3.05) is 12.4 Å². The Morgan fingerprint density at radius 1 is 1.17 bits per heavy atom. The number of anilines is 1. The quantitative estimate of drug-likeness (QED) is 0.667. The third kappa shape index (κ3) is 3.67. The molecule has 0 fully saturated rings. The van der Waals surface area contributed by atoms with Gasteiger partial charge in [0.2, 0.25) is 0 Å². The molecule has 1 N–H and O–H groups in total. The molecule has 1 aromatic rings. The lowest BCUT2D eigenvalue weighted by Crippen LogP contribution is -2.30. The zero-order chi connectivity index (χ0) is 13.9. The van der Waals surface area contributed by atoms with Crippen molar-refractivity contribution in [3.8, 4) is 0 Å². The summed E-state index contributed by atoms with van der Waals surface area (Å²) in [6.45, 7) is 3.63. The van der Waals surface area contributed by atoms with Crippen molar-refractivity contribution in [3.05, 3.63) is 27.2 Å². The lowest BCUT2D eigenvalue weighted by Gasteiger charge is -2.21. The molecule has 6 heteroatoms. The Hall–Kier alpha value is -0.640. The summed E-state index contributed by atoms with van der Waals surface area (Å²) >= 11 is 17.8. The molecule has 0 aromatic heterocycles. The standard InChI is InChI=1S/C12H14Cl3NO2/c1-6(12(17)18-3)7(2)16-11-5-9(14)8(13)4-10(11)15/h4-7,16H,1-3H3. The molecule has 0 aliphatic carbocycles. The summed E-state index contributed by atoms with van der Waals surface area (Å²) in [4.78, 5) is 11.4. The first-order chi connectivity index (χ1) is 8.36. The molecule has 2 atom stereocenters. The number of ether oxygens (including phenoxy) is 1. The second-order valence-corrected chi connectivity index (χ2v) is 5.21. The minimum absolute atomic E-state index is 0.146. The molecule has 1 aromatic carbocycles. The zero-order valence-electron chi connectivity index (χ0n) is 10.3. The van der Waals surface area contributed by atoms with E-state index in [0.29, 0.717) is 20.8 Å². The number of halogens is 3. The van der Waals surface area contributed by atoms with Crippen molar-refractivity contribution in [2.45, 2.75) is 19.9 Å². The summed E-state index contributed by atoms with van der Waals surface area (Å²) in [5.41, 5.74) is 0.634. The highest BCUT2D eigenvalue weighted by Gasteiger charge is 2.21. The van der Waals surface area contributed by atoms with Crippen LogP contribution in [0.15, 0.2) is 12.1 Å². The topological polar surface area (TPSA) is 38.3 Å². The molecule has 0 amide bonds. The average Bonchev–Trinajstić information content (AvgIpc) is 2.33. The molecule has 0 radical (unpaired) electrons. The van der Waals surface area contributed by atoms with Gasteiger partial charge in [0.25, 0.3) is 0 Å². The average molecular weight is 311 g/mol. The number of benzene rings is 1. The lowest BCUT2D eigenvalue weighted by molar-refractivity contribution is -0.145. The van der Waals surface area contributed by atoms with Crippen LogP contribution in [0, 0.1) is 5.92 Å². The van der Waals surface area contributed by atoms with E-state index in [1.807, 2.05) is 6.92 Å². The molecule has 100 valence electrons. The van der Waals surface area contributed by atoms with Crippen LogP contribution in [-0.4, -0.2) is 19.1 Å². The van der Waals surface area contributed by atoms with Gasteiger partial charge in [0.15, 0.2) is 0 Å². The predicted molar refractivity (Wildman–Crippen MR) is 75.7 cm³/mol. The van der Waals surface area contributed by atoms with E-state index >= 15 is 0 Å². The molecule has 2 unspecified atom stereocenters. The van der Waals surface area contributed by atoms with Gasteiger partial charge in [-0.15, -0.1) is 0 Å². The van der Waals surface area contributed by atoms with Gasteiger partial charge in [-0.2, -0.15) is 0 Å². The predicted octanol–water partition coefficient (Wildman–Crippen LogP) is 4.26. The van der Waals surface area contributed by atoms with Crippen molar-refractivity contribution in [1.29, 1.82) is 0 Å².